The first kappa shape index (κ1) is 56.2. The van der Waals surface area contributed by atoms with Crippen LogP contribution in [0, 0.1) is 0 Å². The van der Waals surface area contributed by atoms with Gasteiger partial charge in [-0.2, -0.15) is 26.3 Å². The van der Waals surface area contributed by atoms with Crippen LogP contribution in [0.15, 0.2) is 0 Å². The normalized spacial score (nSPS) is 15.0. The number of hydrogen-bond acceptors (Lipinski definition) is 8. The molecule has 2 unspecified atom stereocenters. The van der Waals surface area contributed by atoms with Gasteiger partial charge in [0, 0.05) is 0 Å². The summed E-state index contributed by atoms with van der Waals surface area (Å²) in [6.45, 7) is 1.99. The molecule has 0 fully saturated rings. The summed E-state index contributed by atoms with van der Waals surface area (Å²) in [6, 6.07) is 0. The molecule has 0 rings (SSSR count). The fourth-order valence-electron chi connectivity index (χ4n) is 3.79. The predicted octanol–water partition coefficient (Wildman–Crippen LogP) is 1.21. The molecule has 0 aliphatic rings. The van der Waals surface area contributed by atoms with Crippen LogP contribution in [0.5, 0.6) is 0 Å². The van der Waals surface area contributed by atoms with E-state index in [0.717, 1.165) is 6.54 Å². The van der Waals surface area contributed by atoms with Crippen LogP contribution in [0.2, 0.25) is 0 Å². The van der Waals surface area contributed by atoms with Gasteiger partial charge in [0.1, 0.15) is 19.7 Å². The van der Waals surface area contributed by atoms with Crippen LogP contribution in [0.3, 0.4) is 0 Å². The molecular weight excluding hydrogens is 767 g/mol. The molecule has 0 heterocycles. The third-order valence-electron chi connectivity index (χ3n) is 6.84. The number of unbranched alkanes of at least 4 members (excludes halogenated alkanes) is 2. The minimum Gasteiger partial charge on any atom is -0.549 e. The zero-order valence-electron chi connectivity index (χ0n) is 29.7. The number of carbonyl (C=O) groups is 2. The fourth-order valence-corrected chi connectivity index (χ4v) is 6.66. The van der Waals surface area contributed by atoms with Crippen LogP contribution in [0.1, 0.15) is 65.2 Å². The molecule has 0 bridgehead atoms. The topological polar surface area (TPSA) is 149 Å². The van der Waals surface area contributed by atoms with Crippen LogP contribution < -0.4 is 34.7 Å². The molecule has 50 heavy (non-hydrogen) atoms. The van der Waals surface area contributed by atoms with E-state index in [2.05, 4.69) is 11.6 Å². The van der Waals surface area contributed by atoms with Crippen molar-refractivity contribution in [1.29, 1.82) is 0 Å². The summed E-state index contributed by atoms with van der Waals surface area (Å²) in [5.74, 6) is -3.75. The molecule has 0 aromatic carbocycles. The van der Waals surface area contributed by atoms with Gasteiger partial charge >= 0.3 is 47.9 Å². The van der Waals surface area contributed by atoms with Crippen molar-refractivity contribution in [2.45, 2.75) is 88.9 Å². The van der Waals surface area contributed by atoms with Crippen molar-refractivity contribution < 1.29 is 106 Å². The number of rotatable bonds is 21. The smallest absolute Gasteiger partial charge is 0.549 e. The van der Waals surface area contributed by atoms with Crippen molar-refractivity contribution in [2.75, 3.05) is 76.7 Å². The van der Waals surface area contributed by atoms with Gasteiger partial charge in [-0.05, 0) is 85.9 Å². The number of quaternary nitrogens is 1. The molecule has 0 aromatic rings. The van der Waals surface area contributed by atoms with Crippen molar-refractivity contribution in [1.82, 2.24) is 4.90 Å². The Morgan fingerprint density at radius 2 is 1.04 bits per heavy atom. The summed E-state index contributed by atoms with van der Waals surface area (Å²) in [4.78, 5) is 21.7. The number of aliphatic carboxylic acids is 2. The zero-order chi connectivity index (χ0) is 39.5. The number of alkyl halides is 9. The van der Waals surface area contributed by atoms with Gasteiger partial charge in [0.25, 0.3) is 0 Å². The van der Waals surface area contributed by atoms with Gasteiger partial charge in [0.05, 0.1) is 55.5 Å². The summed E-state index contributed by atoms with van der Waals surface area (Å²) in [5, 5.41) is 17.9. The molecular formula is C28H51ClF8N2NaO8S2+. The third-order valence-corrected chi connectivity index (χ3v) is 10.7. The molecule has 10 nitrogen and oxygen atoms in total. The van der Waals surface area contributed by atoms with E-state index in [1.54, 1.807) is 14.1 Å². The molecule has 22 heteroatoms. The van der Waals surface area contributed by atoms with Crippen LogP contribution in [0.25, 0.3) is 0 Å². The van der Waals surface area contributed by atoms with Gasteiger partial charge in [0.2, 0.25) is 11.3 Å². The van der Waals surface area contributed by atoms with Gasteiger partial charge in [-0.25, -0.2) is 30.4 Å². The maximum absolute atomic E-state index is 13.3. The van der Waals surface area contributed by atoms with Gasteiger partial charge in [-0.3, -0.25) is 0 Å². The summed E-state index contributed by atoms with van der Waals surface area (Å²) < 4.78 is 147. The molecule has 1 N–H and O–H groups in total. The van der Waals surface area contributed by atoms with Gasteiger partial charge in [-0.15, -0.1) is 11.6 Å². The van der Waals surface area contributed by atoms with Gasteiger partial charge in [-0.1, -0.05) is 0 Å². The van der Waals surface area contributed by atoms with Crippen molar-refractivity contribution in [2.24, 2.45) is 0 Å². The number of carbonyl (C=O) groups excluding carboxylic acids is 1. The van der Waals surface area contributed by atoms with E-state index >= 15 is 0 Å². The van der Waals surface area contributed by atoms with Crippen molar-refractivity contribution >= 4 is 43.2 Å². The van der Waals surface area contributed by atoms with E-state index < -0.39 is 92.0 Å². The maximum atomic E-state index is 13.3. The third kappa shape index (κ3) is 31.1. The summed E-state index contributed by atoms with van der Waals surface area (Å²) in [5.41, 5.74) is -6.71. The largest absolute Gasteiger partial charge is 1.00 e. The number of hydrogen-bond donors (Lipinski definition) is 1. The molecule has 0 radical (unpaired) electrons. The second-order valence-corrected chi connectivity index (χ2v) is 17.7. The standard InChI is InChI=1S/C14H25F4NO4S.C12H23F4NO2S.C2H3ClO2.Na/c1-13(15,14(16,17)18)7-6-10-24(22,23)9-5-4-8-19(2,3)11-12(20)21;1-11(13,12(14,15)16)7-6-10-20(18,19)9-5-4-8-17(2)3;3-1-2(4)5;/h4-11H2,1-3H3;4-10H2,1-3H3;1H2,(H,4,5);/q;;;+1. The summed E-state index contributed by atoms with van der Waals surface area (Å²) >= 11 is 4.67. The molecule has 0 aliphatic heterocycles. The molecule has 0 spiro atoms. The molecule has 2 atom stereocenters. The average Bonchev–Trinajstić information content (AvgIpc) is 2.87. The number of nitrogens with zero attached hydrogens (tertiary/aromatic N) is 2. The van der Waals surface area contributed by atoms with E-state index in [1.165, 1.54) is 0 Å². The van der Waals surface area contributed by atoms with E-state index in [1.807, 2.05) is 19.0 Å². The minimum absolute atomic E-state index is 0. The molecule has 0 aliphatic carbocycles. The Balaban J connectivity index is -0.000000370. The maximum Gasteiger partial charge on any atom is 1.00 e. The van der Waals surface area contributed by atoms with Crippen molar-refractivity contribution in [3.63, 3.8) is 0 Å². The zero-order valence-corrected chi connectivity index (χ0v) is 34.1. The summed E-state index contributed by atoms with van der Waals surface area (Å²) in [7, 11) is 0.210. The molecule has 0 saturated carbocycles. The Morgan fingerprint density at radius 3 is 1.32 bits per heavy atom. The van der Waals surface area contributed by atoms with Crippen molar-refractivity contribution in [3.05, 3.63) is 0 Å². The van der Waals surface area contributed by atoms with E-state index in [9.17, 15) is 56.8 Å². The first-order valence-electron chi connectivity index (χ1n) is 15.1. The number of carboxylic acids is 2. The predicted molar refractivity (Wildman–Crippen MR) is 169 cm³/mol. The second kappa shape index (κ2) is 24.7. The van der Waals surface area contributed by atoms with E-state index in [4.69, 9.17) is 15.0 Å². The molecule has 296 valence electrons. The first-order chi connectivity index (χ1) is 21.7. The number of halogens is 9. The Kier molecular flexibility index (Phi) is 27.8. The second-order valence-electron chi connectivity index (χ2n) is 12.8. The average molecular weight is 818 g/mol. The monoisotopic (exact) mass is 817 g/mol. The van der Waals surface area contributed by atoms with Crippen LogP contribution in [0.4, 0.5) is 35.1 Å². The number of likely N-dealkylation sites (N-methyl/N-ethyl adjacent to an activating group) is 1. The Labute approximate surface area is 318 Å². The molecule has 0 aromatic heterocycles. The SMILES string of the molecule is CC(F)(CCCS(=O)(=O)CCCC[N+](C)(C)CC(=O)O)C(F)(F)F.CN(C)CCCCS(=O)(=O)CCCC(C)(F)C(F)(F)F.O=C([O-])CCl.[Na+]. The Morgan fingerprint density at radius 1 is 0.720 bits per heavy atom. The number of carboxylic acid groups (broad SMARTS) is 2. The van der Waals surface area contributed by atoms with Crippen LogP contribution in [-0.4, -0.2) is 144 Å². The van der Waals surface area contributed by atoms with Gasteiger partial charge < -0.3 is 24.4 Å². The van der Waals surface area contributed by atoms with E-state index in [0.29, 0.717) is 39.7 Å². The number of sulfone groups is 2. The molecule has 0 saturated heterocycles. The van der Waals surface area contributed by atoms with Crippen molar-refractivity contribution in [3.8, 4) is 0 Å². The Bertz CT molecular complexity index is 1190. The quantitative estimate of drug-likeness (QED) is 0.0594. The van der Waals surface area contributed by atoms with Crippen LogP contribution in [-0.2, 0) is 29.3 Å². The minimum atomic E-state index is -5.01. The Hall–Kier alpha value is -0.510. The van der Waals surface area contributed by atoms with E-state index in [-0.39, 0.29) is 64.9 Å². The molecule has 0 amide bonds. The fraction of sp³-hybridized carbons (Fsp3) is 0.929. The first-order valence-corrected chi connectivity index (χ1v) is 19.3. The van der Waals surface area contributed by atoms with Crippen LogP contribution >= 0.6 is 11.6 Å². The summed E-state index contributed by atoms with van der Waals surface area (Å²) in [6.07, 6.45) is -10.5. The van der Waals surface area contributed by atoms with Gasteiger partial charge in [0.15, 0.2) is 6.54 Å².